The van der Waals surface area contributed by atoms with Crippen LogP contribution in [0.25, 0.3) is 0 Å². The zero-order chi connectivity index (χ0) is 15.6. The van der Waals surface area contributed by atoms with Crippen LogP contribution in [-0.4, -0.2) is 40.0 Å². The molecule has 2 heterocycles. The maximum atomic E-state index is 12.3. The van der Waals surface area contributed by atoms with Gasteiger partial charge in [-0.05, 0) is 12.8 Å². The molecule has 5 nitrogen and oxygen atoms in total. The zero-order valence-corrected chi connectivity index (χ0v) is 13.6. The third-order valence-electron chi connectivity index (χ3n) is 3.65. The van der Waals surface area contributed by atoms with Gasteiger partial charge in [-0.3, -0.25) is 9.59 Å². The lowest BCUT2D eigenvalue weighted by molar-refractivity contribution is -0.145. The first kappa shape index (κ1) is 15.9. The van der Waals surface area contributed by atoms with Crippen molar-refractivity contribution in [2.24, 2.45) is 5.92 Å². The van der Waals surface area contributed by atoms with Crippen molar-refractivity contribution in [2.45, 2.75) is 45.4 Å². The summed E-state index contributed by atoms with van der Waals surface area (Å²) in [6.07, 6.45) is 1.68. The number of aliphatic carboxylic acids is 1. The normalized spacial score (nSPS) is 19.6. The van der Waals surface area contributed by atoms with Crippen LogP contribution >= 0.6 is 11.3 Å². The van der Waals surface area contributed by atoms with Crippen LogP contribution in [0.15, 0.2) is 5.38 Å². The molecule has 0 aliphatic carbocycles. The number of carboxylic acid groups (broad SMARTS) is 1. The molecule has 21 heavy (non-hydrogen) atoms. The molecule has 1 fully saturated rings. The molecule has 1 atom stereocenters. The number of hydrogen-bond acceptors (Lipinski definition) is 4. The van der Waals surface area contributed by atoms with E-state index >= 15 is 0 Å². The highest BCUT2D eigenvalue weighted by Gasteiger charge is 2.28. The zero-order valence-electron chi connectivity index (χ0n) is 12.8. The van der Waals surface area contributed by atoms with Gasteiger partial charge >= 0.3 is 5.97 Å². The van der Waals surface area contributed by atoms with Crippen molar-refractivity contribution in [3.8, 4) is 0 Å². The number of carbonyl (C=O) groups excluding carboxylic acids is 1. The minimum atomic E-state index is -0.809. The highest BCUT2D eigenvalue weighted by Crippen LogP contribution is 2.26. The molecule has 0 unspecified atom stereocenters. The van der Waals surface area contributed by atoms with E-state index < -0.39 is 11.9 Å². The molecular formula is C15H22N2O3S. The molecule has 1 amide bonds. The Morgan fingerprint density at radius 3 is 2.76 bits per heavy atom. The van der Waals surface area contributed by atoms with Crippen molar-refractivity contribution in [1.82, 2.24) is 9.88 Å². The summed E-state index contributed by atoms with van der Waals surface area (Å²) in [5.41, 5.74) is 0.776. The number of likely N-dealkylation sites (tertiary alicyclic amines) is 1. The first-order valence-corrected chi connectivity index (χ1v) is 8.11. The van der Waals surface area contributed by atoms with Gasteiger partial charge in [0.25, 0.3) is 0 Å². The summed E-state index contributed by atoms with van der Waals surface area (Å²) in [7, 11) is 0. The molecular weight excluding hydrogens is 288 g/mol. The van der Waals surface area contributed by atoms with E-state index in [-0.39, 0.29) is 17.7 Å². The number of rotatable bonds is 3. The Balaban J connectivity index is 1.98. The van der Waals surface area contributed by atoms with Gasteiger partial charge in [0.05, 0.1) is 23.0 Å². The largest absolute Gasteiger partial charge is 0.481 e. The Morgan fingerprint density at radius 2 is 2.19 bits per heavy atom. The van der Waals surface area contributed by atoms with E-state index in [9.17, 15) is 9.59 Å². The molecule has 1 N–H and O–H groups in total. The average Bonchev–Trinajstić information content (AvgIpc) is 2.87. The van der Waals surface area contributed by atoms with Gasteiger partial charge in [0.2, 0.25) is 5.91 Å². The van der Waals surface area contributed by atoms with Gasteiger partial charge in [0, 0.05) is 23.9 Å². The minimum absolute atomic E-state index is 0.00844. The van der Waals surface area contributed by atoms with Crippen LogP contribution < -0.4 is 0 Å². The van der Waals surface area contributed by atoms with Crippen molar-refractivity contribution in [3.05, 3.63) is 16.1 Å². The smallest absolute Gasteiger partial charge is 0.308 e. The first-order chi connectivity index (χ1) is 9.77. The first-order valence-electron chi connectivity index (χ1n) is 7.23. The Hall–Kier alpha value is -1.43. The summed E-state index contributed by atoms with van der Waals surface area (Å²) in [5, 5.41) is 12.0. The number of carbonyl (C=O) groups is 2. The molecule has 1 saturated heterocycles. The van der Waals surface area contributed by atoms with E-state index in [4.69, 9.17) is 5.11 Å². The second kappa shape index (κ2) is 6.13. The molecule has 0 aromatic carbocycles. The maximum Gasteiger partial charge on any atom is 0.308 e. The lowest BCUT2D eigenvalue weighted by Gasteiger charge is -2.30. The summed E-state index contributed by atoms with van der Waals surface area (Å²) >= 11 is 1.57. The van der Waals surface area contributed by atoms with Crippen molar-refractivity contribution in [2.75, 3.05) is 13.1 Å². The number of carboxylic acids is 1. The Bertz CT molecular complexity index is 533. The van der Waals surface area contributed by atoms with Crippen LogP contribution in [0.1, 0.15) is 44.3 Å². The fourth-order valence-electron chi connectivity index (χ4n) is 2.40. The lowest BCUT2D eigenvalue weighted by atomic mass is 9.98. The van der Waals surface area contributed by atoms with E-state index in [0.717, 1.165) is 17.1 Å². The number of amides is 1. The Kier molecular flexibility index (Phi) is 4.66. The van der Waals surface area contributed by atoms with Crippen LogP contribution in [0.3, 0.4) is 0 Å². The van der Waals surface area contributed by atoms with Crippen LogP contribution in [0.5, 0.6) is 0 Å². The molecule has 1 aromatic heterocycles. The van der Waals surface area contributed by atoms with Gasteiger partial charge in [-0.2, -0.15) is 0 Å². The molecule has 116 valence electrons. The van der Waals surface area contributed by atoms with E-state index in [1.54, 1.807) is 16.2 Å². The number of thiazole rings is 1. The Labute approximate surface area is 129 Å². The average molecular weight is 310 g/mol. The number of hydrogen-bond donors (Lipinski definition) is 1. The van der Waals surface area contributed by atoms with E-state index in [1.807, 2.05) is 5.38 Å². The molecule has 1 aliphatic heterocycles. The van der Waals surface area contributed by atoms with Gasteiger partial charge in [-0.15, -0.1) is 11.3 Å². The quantitative estimate of drug-likeness (QED) is 0.930. The molecule has 0 saturated carbocycles. The lowest BCUT2D eigenvalue weighted by Crippen LogP contribution is -2.43. The molecule has 1 aliphatic rings. The number of piperidine rings is 1. The molecule has 0 bridgehead atoms. The van der Waals surface area contributed by atoms with Crippen molar-refractivity contribution >= 4 is 23.2 Å². The summed E-state index contributed by atoms with van der Waals surface area (Å²) in [5.74, 6) is -1.26. The fourth-order valence-corrected chi connectivity index (χ4v) is 3.31. The van der Waals surface area contributed by atoms with Crippen molar-refractivity contribution in [1.29, 1.82) is 0 Å². The van der Waals surface area contributed by atoms with Gasteiger partial charge in [0.1, 0.15) is 0 Å². The summed E-state index contributed by atoms with van der Waals surface area (Å²) in [4.78, 5) is 29.5. The fraction of sp³-hybridized carbons (Fsp3) is 0.667. The standard InChI is InChI=1S/C15H22N2O3S/c1-15(2,3)14-16-11(9-21-14)7-12(18)17-6-4-5-10(8-17)13(19)20/h9-10H,4-8H2,1-3H3,(H,19,20)/t10-/m1/s1. The second-order valence-electron chi connectivity index (χ2n) is 6.59. The number of nitrogens with zero attached hydrogens (tertiary/aromatic N) is 2. The molecule has 1 aromatic rings. The monoisotopic (exact) mass is 310 g/mol. The van der Waals surface area contributed by atoms with E-state index in [1.165, 1.54) is 0 Å². The van der Waals surface area contributed by atoms with Crippen LogP contribution in [0.4, 0.5) is 0 Å². The summed E-state index contributed by atoms with van der Waals surface area (Å²) in [6, 6.07) is 0. The van der Waals surface area contributed by atoms with Crippen molar-refractivity contribution in [3.63, 3.8) is 0 Å². The molecule has 6 heteroatoms. The highest BCUT2D eigenvalue weighted by atomic mass is 32.1. The van der Waals surface area contributed by atoms with Gasteiger partial charge in [-0.25, -0.2) is 4.98 Å². The Morgan fingerprint density at radius 1 is 1.48 bits per heavy atom. The van der Waals surface area contributed by atoms with Gasteiger partial charge in [-0.1, -0.05) is 20.8 Å². The third kappa shape index (κ3) is 4.03. The van der Waals surface area contributed by atoms with Crippen molar-refractivity contribution < 1.29 is 14.7 Å². The second-order valence-corrected chi connectivity index (χ2v) is 7.45. The van der Waals surface area contributed by atoms with E-state index in [0.29, 0.717) is 19.5 Å². The topological polar surface area (TPSA) is 70.5 Å². The van der Waals surface area contributed by atoms with Gasteiger partial charge in [0.15, 0.2) is 0 Å². The molecule has 2 rings (SSSR count). The maximum absolute atomic E-state index is 12.3. The predicted octanol–water partition coefficient (Wildman–Crippen LogP) is 2.31. The summed E-state index contributed by atoms with van der Waals surface area (Å²) < 4.78 is 0. The molecule has 0 spiro atoms. The SMILES string of the molecule is CC(C)(C)c1nc(CC(=O)N2CCC[C@@H](C(=O)O)C2)cs1. The van der Waals surface area contributed by atoms with Crippen LogP contribution in [0, 0.1) is 5.92 Å². The van der Waals surface area contributed by atoms with E-state index in [2.05, 4.69) is 25.8 Å². The third-order valence-corrected chi connectivity index (χ3v) is 4.97. The number of aromatic nitrogens is 1. The van der Waals surface area contributed by atoms with Crippen LogP contribution in [0.2, 0.25) is 0 Å². The molecule has 0 radical (unpaired) electrons. The summed E-state index contributed by atoms with van der Waals surface area (Å²) in [6.45, 7) is 7.27. The predicted molar refractivity (Wildman–Crippen MR) is 81.5 cm³/mol. The highest BCUT2D eigenvalue weighted by molar-refractivity contribution is 7.09. The van der Waals surface area contributed by atoms with Gasteiger partial charge < -0.3 is 10.0 Å². The van der Waals surface area contributed by atoms with Crippen LogP contribution in [-0.2, 0) is 21.4 Å². The minimum Gasteiger partial charge on any atom is -0.481 e.